The molecule has 0 unspecified atom stereocenters. The molecule has 0 fully saturated rings. The summed E-state index contributed by atoms with van der Waals surface area (Å²) in [6.45, 7) is -0.159. The second kappa shape index (κ2) is 4.60. The molecule has 0 saturated heterocycles. The maximum Gasteiger partial charge on any atom is 0.137 e. The predicted octanol–water partition coefficient (Wildman–Crippen LogP) is 3.03. The van der Waals surface area contributed by atoms with Gasteiger partial charge in [0.05, 0.1) is 6.61 Å². The smallest absolute Gasteiger partial charge is 0.137 e. The molecule has 16 heavy (non-hydrogen) atoms. The standard InChI is InChI=1S/C12H9ClFNO/c13-12-11(9(7-16)4-5-15-12)8-2-1-3-10(14)6-8/h1-6,16H,7H2. The van der Waals surface area contributed by atoms with Crippen molar-refractivity contribution in [1.82, 2.24) is 4.98 Å². The van der Waals surface area contributed by atoms with E-state index >= 15 is 0 Å². The molecule has 4 heteroatoms. The first-order valence-corrected chi connectivity index (χ1v) is 5.10. The first-order chi connectivity index (χ1) is 7.72. The quantitative estimate of drug-likeness (QED) is 0.815. The van der Waals surface area contributed by atoms with E-state index in [9.17, 15) is 9.50 Å². The fourth-order valence-corrected chi connectivity index (χ4v) is 1.84. The van der Waals surface area contributed by atoms with Crippen LogP contribution in [0.25, 0.3) is 11.1 Å². The first kappa shape index (κ1) is 11.0. The highest BCUT2D eigenvalue weighted by Gasteiger charge is 2.10. The van der Waals surface area contributed by atoms with Crippen molar-refractivity contribution < 1.29 is 9.50 Å². The number of aliphatic hydroxyl groups excluding tert-OH is 1. The Kier molecular flexibility index (Phi) is 3.17. The Morgan fingerprint density at radius 3 is 2.81 bits per heavy atom. The molecule has 0 spiro atoms. The first-order valence-electron chi connectivity index (χ1n) is 4.72. The van der Waals surface area contributed by atoms with Crippen LogP contribution in [0, 0.1) is 5.82 Å². The molecule has 2 rings (SSSR count). The fraction of sp³-hybridized carbons (Fsp3) is 0.0833. The number of rotatable bonds is 2. The summed E-state index contributed by atoms with van der Waals surface area (Å²) in [6, 6.07) is 7.70. The number of aliphatic hydroxyl groups is 1. The average Bonchev–Trinajstić information content (AvgIpc) is 2.28. The Labute approximate surface area is 97.3 Å². The van der Waals surface area contributed by atoms with Gasteiger partial charge in [-0.1, -0.05) is 23.7 Å². The molecule has 1 heterocycles. The minimum atomic E-state index is -0.346. The maximum atomic E-state index is 13.1. The number of nitrogens with zero attached hydrogens (tertiary/aromatic N) is 1. The van der Waals surface area contributed by atoms with Crippen LogP contribution in [0.4, 0.5) is 4.39 Å². The van der Waals surface area contributed by atoms with Gasteiger partial charge in [0.25, 0.3) is 0 Å². The van der Waals surface area contributed by atoms with Crippen LogP contribution >= 0.6 is 11.6 Å². The molecule has 0 bridgehead atoms. The van der Waals surface area contributed by atoms with E-state index in [-0.39, 0.29) is 17.6 Å². The number of halogens is 2. The van der Waals surface area contributed by atoms with Crippen LogP contribution in [0.2, 0.25) is 5.15 Å². The van der Waals surface area contributed by atoms with Crippen LogP contribution in [0.1, 0.15) is 5.56 Å². The summed E-state index contributed by atoms with van der Waals surface area (Å²) >= 11 is 5.95. The molecule has 0 aliphatic carbocycles. The van der Waals surface area contributed by atoms with Crippen molar-refractivity contribution in [3.63, 3.8) is 0 Å². The third-order valence-electron chi connectivity index (χ3n) is 2.27. The molecule has 0 amide bonds. The van der Waals surface area contributed by atoms with Gasteiger partial charge < -0.3 is 5.11 Å². The molecule has 1 aromatic carbocycles. The fourth-order valence-electron chi connectivity index (χ4n) is 1.55. The van der Waals surface area contributed by atoms with Crippen molar-refractivity contribution in [2.24, 2.45) is 0 Å². The van der Waals surface area contributed by atoms with Gasteiger partial charge in [0.2, 0.25) is 0 Å². The van der Waals surface area contributed by atoms with Gasteiger partial charge >= 0.3 is 0 Å². The van der Waals surface area contributed by atoms with Gasteiger partial charge in [-0.2, -0.15) is 0 Å². The Balaban J connectivity index is 2.63. The number of hydrogen-bond acceptors (Lipinski definition) is 2. The minimum absolute atomic E-state index is 0.159. The Hall–Kier alpha value is -1.45. The number of pyridine rings is 1. The second-order valence-corrected chi connectivity index (χ2v) is 3.66. The lowest BCUT2D eigenvalue weighted by molar-refractivity contribution is 0.282. The summed E-state index contributed by atoms with van der Waals surface area (Å²) in [5.41, 5.74) is 1.82. The third-order valence-corrected chi connectivity index (χ3v) is 2.56. The van der Waals surface area contributed by atoms with Crippen LogP contribution in [0.15, 0.2) is 36.5 Å². The van der Waals surface area contributed by atoms with Crippen molar-refractivity contribution >= 4 is 11.6 Å². The van der Waals surface area contributed by atoms with Gasteiger partial charge in [0, 0.05) is 11.8 Å². The molecule has 0 aliphatic heterocycles. The van der Waals surface area contributed by atoms with Crippen LogP contribution in [0.5, 0.6) is 0 Å². The zero-order valence-electron chi connectivity index (χ0n) is 8.32. The van der Waals surface area contributed by atoms with E-state index < -0.39 is 0 Å². The van der Waals surface area contributed by atoms with Gasteiger partial charge in [-0.3, -0.25) is 0 Å². The van der Waals surface area contributed by atoms with E-state index in [4.69, 9.17) is 11.6 Å². The highest BCUT2D eigenvalue weighted by molar-refractivity contribution is 6.32. The van der Waals surface area contributed by atoms with Gasteiger partial charge in [-0.15, -0.1) is 0 Å². The number of benzene rings is 1. The van der Waals surface area contributed by atoms with Gasteiger partial charge in [0.1, 0.15) is 11.0 Å². The van der Waals surface area contributed by atoms with Crippen molar-refractivity contribution in [3.8, 4) is 11.1 Å². The van der Waals surface area contributed by atoms with Crippen molar-refractivity contribution in [2.75, 3.05) is 0 Å². The highest BCUT2D eigenvalue weighted by atomic mass is 35.5. The largest absolute Gasteiger partial charge is 0.392 e. The minimum Gasteiger partial charge on any atom is -0.392 e. The van der Waals surface area contributed by atoms with Gasteiger partial charge in [0.15, 0.2) is 0 Å². The Morgan fingerprint density at radius 1 is 1.31 bits per heavy atom. The zero-order valence-corrected chi connectivity index (χ0v) is 9.08. The van der Waals surface area contributed by atoms with Gasteiger partial charge in [-0.25, -0.2) is 9.37 Å². The number of aromatic nitrogens is 1. The normalized spacial score (nSPS) is 10.4. The van der Waals surface area contributed by atoms with E-state index in [1.807, 2.05) is 0 Å². The summed E-state index contributed by atoms with van der Waals surface area (Å²) in [4.78, 5) is 3.93. The molecule has 2 nitrogen and oxygen atoms in total. The molecule has 1 aromatic heterocycles. The lowest BCUT2D eigenvalue weighted by Crippen LogP contribution is -1.93. The molecular weight excluding hydrogens is 229 g/mol. The van der Waals surface area contributed by atoms with Crippen LogP contribution in [-0.4, -0.2) is 10.1 Å². The molecule has 2 aromatic rings. The summed E-state index contributed by atoms with van der Waals surface area (Å²) in [5.74, 6) is -0.346. The van der Waals surface area contributed by atoms with E-state index in [2.05, 4.69) is 4.98 Å². The second-order valence-electron chi connectivity index (χ2n) is 3.30. The molecule has 1 N–H and O–H groups in total. The average molecular weight is 238 g/mol. The molecule has 0 atom stereocenters. The van der Waals surface area contributed by atoms with Crippen LogP contribution in [-0.2, 0) is 6.61 Å². The highest BCUT2D eigenvalue weighted by Crippen LogP contribution is 2.30. The molecule has 0 aliphatic rings. The lowest BCUT2D eigenvalue weighted by Gasteiger charge is -2.08. The predicted molar refractivity (Wildman–Crippen MR) is 60.6 cm³/mol. The van der Waals surface area contributed by atoms with E-state index in [1.54, 1.807) is 18.2 Å². The topological polar surface area (TPSA) is 33.1 Å². The van der Waals surface area contributed by atoms with Crippen molar-refractivity contribution in [2.45, 2.75) is 6.61 Å². The van der Waals surface area contributed by atoms with Crippen LogP contribution in [0.3, 0.4) is 0 Å². The van der Waals surface area contributed by atoms with E-state index in [0.717, 1.165) is 0 Å². The molecule has 0 radical (unpaired) electrons. The van der Waals surface area contributed by atoms with Crippen LogP contribution < -0.4 is 0 Å². The monoisotopic (exact) mass is 237 g/mol. The van der Waals surface area contributed by atoms with E-state index in [0.29, 0.717) is 16.7 Å². The van der Waals surface area contributed by atoms with Crippen molar-refractivity contribution in [1.29, 1.82) is 0 Å². The molecule has 0 saturated carbocycles. The SMILES string of the molecule is OCc1ccnc(Cl)c1-c1cccc(F)c1. The third kappa shape index (κ3) is 2.05. The Bertz CT molecular complexity index is 516. The van der Waals surface area contributed by atoms with Crippen molar-refractivity contribution in [3.05, 3.63) is 53.1 Å². The summed E-state index contributed by atoms with van der Waals surface area (Å²) in [6.07, 6.45) is 1.51. The Morgan fingerprint density at radius 2 is 2.12 bits per heavy atom. The lowest BCUT2D eigenvalue weighted by atomic mass is 10.0. The van der Waals surface area contributed by atoms with E-state index in [1.165, 1.54) is 18.3 Å². The summed E-state index contributed by atoms with van der Waals surface area (Å²) in [7, 11) is 0. The summed E-state index contributed by atoms with van der Waals surface area (Å²) in [5, 5.41) is 9.45. The molecule has 82 valence electrons. The maximum absolute atomic E-state index is 13.1. The molecular formula is C12H9ClFNO. The zero-order chi connectivity index (χ0) is 11.5. The summed E-state index contributed by atoms with van der Waals surface area (Å²) < 4.78 is 13.1. The number of hydrogen-bond donors (Lipinski definition) is 1. The van der Waals surface area contributed by atoms with Gasteiger partial charge in [-0.05, 0) is 29.3 Å².